The summed E-state index contributed by atoms with van der Waals surface area (Å²) in [4.78, 5) is 12.4. The monoisotopic (exact) mass is 261 g/mol. The molecule has 0 bridgehead atoms. The lowest BCUT2D eigenvalue weighted by Gasteiger charge is -2.24. The van der Waals surface area contributed by atoms with Gasteiger partial charge in [-0.3, -0.25) is 4.79 Å². The molecule has 19 heavy (non-hydrogen) atoms. The lowest BCUT2D eigenvalue weighted by atomic mass is 9.88. The summed E-state index contributed by atoms with van der Waals surface area (Å²) in [7, 11) is 0. The van der Waals surface area contributed by atoms with Crippen LogP contribution in [0.2, 0.25) is 0 Å². The second-order valence-electron chi connectivity index (χ2n) is 6.08. The molecule has 2 atom stereocenters. The second-order valence-corrected chi connectivity index (χ2v) is 6.08. The van der Waals surface area contributed by atoms with Crippen molar-refractivity contribution in [1.82, 2.24) is 5.32 Å². The summed E-state index contributed by atoms with van der Waals surface area (Å²) in [6, 6.07) is 10.5. The van der Waals surface area contributed by atoms with E-state index in [-0.39, 0.29) is 17.9 Å². The van der Waals surface area contributed by atoms with E-state index in [0.29, 0.717) is 11.8 Å². The van der Waals surface area contributed by atoms with E-state index in [4.69, 9.17) is 0 Å². The Balaban J connectivity index is 2.70. The molecule has 2 heteroatoms. The van der Waals surface area contributed by atoms with Crippen LogP contribution in [0.5, 0.6) is 0 Å². The summed E-state index contributed by atoms with van der Waals surface area (Å²) < 4.78 is 0. The Morgan fingerprint density at radius 2 is 1.58 bits per heavy atom. The Kier molecular flexibility index (Phi) is 6.07. The van der Waals surface area contributed by atoms with Gasteiger partial charge in [0.15, 0.2) is 0 Å². The van der Waals surface area contributed by atoms with E-state index < -0.39 is 0 Å². The van der Waals surface area contributed by atoms with Crippen LogP contribution in [0.15, 0.2) is 30.3 Å². The van der Waals surface area contributed by atoms with E-state index in [9.17, 15) is 4.79 Å². The average molecular weight is 261 g/mol. The van der Waals surface area contributed by atoms with Gasteiger partial charge in [-0.2, -0.15) is 0 Å². The Morgan fingerprint density at radius 3 is 2.05 bits per heavy atom. The molecule has 1 N–H and O–H groups in total. The molecule has 0 saturated heterocycles. The van der Waals surface area contributed by atoms with E-state index in [1.54, 1.807) is 0 Å². The van der Waals surface area contributed by atoms with E-state index in [0.717, 1.165) is 6.42 Å². The van der Waals surface area contributed by atoms with Gasteiger partial charge in [0.2, 0.25) is 5.91 Å². The highest BCUT2D eigenvalue weighted by molar-refractivity contribution is 5.79. The van der Waals surface area contributed by atoms with Crippen LogP contribution in [0.25, 0.3) is 0 Å². The lowest BCUT2D eigenvalue weighted by Crippen LogP contribution is -2.42. The molecule has 0 aliphatic rings. The van der Waals surface area contributed by atoms with Gasteiger partial charge in [-0.25, -0.2) is 0 Å². The van der Waals surface area contributed by atoms with Gasteiger partial charge in [-0.05, 0) is 30.7 Å². The van der Waals surface area contributed by atoms with Crippen LogP contribution in [-0.4, -0.2) is 11.9 Å². The molecule has 1 aromatic rings. The van der Waals surface area contributed by atoms with Gasteiger partial charge in [0.05, 0.1) is 0 Å². The number of rotatable bonds is 6. The summed E-state index contributed by atoms with van der Waals surface area (Å²) in [5.74, 6) is 1.04. The van der Waals surface area contributed by atoms with Gasteiger partial charge < -0.3 is 5.32 Å². The Hall–Kier alpha value is -1.31. The van der Waals surface area contributed by atoms with Crippen molar-refractivity contribution in [2.45, 2.75) is 47.1 Å². The van der Waals surface area contributed by atoms with Gasteiger partial charge >= 0.3 is 0 Å². The summed E-state index contributed by atoms with van der Waals surface area (Å²) in [6.45, 7) is 10.6. The van der Waals surface area contributed by atoms with Crippen molar-refractivity contribution >= 4 is 5.91 Å². The number of carbonyl (C=O) groups excluding carboxylic acids is 1. The summed E-state index contributed by atoms with van der Waals surface area (Å²) in [5, 5.41) is 3.14. The SMILES string of the molecule is CC(C)C(C)NC(=O)C(Cc1ccccc1)C(C)C. The maximum atomic E-state index is 12.4. The van der Waals surface area contributed by atoms with Gasteiger partial charge in [-0.15, -0.1) is 0 Å². The maximum absolute atomic E-state index is 12.4. The number of nitrogens with one attached hydrogen (secondary N) is 1. The minimum Gasteiger partial charge on any atom is -0.353 e. The standard InChI is InChI=1S/C17H27NO/c1-12(2)14(5)18-17(19)16(13(3)4)11-15-9-7-6-8-10-15/h6-10,12-14,16H,11H2,1-5H3,(H,18,19). The molecule has 2 nitrogen and oxygen atoms in total. The minimum atomic E-state index is 0.0450. The lowest BCUT2D eigenvalue weighted by molar-refractivity contribution is -0.127. The number of hydrogen-bond acceptors (Lipinski definition) is 1. The predicted octanol–water partition coefficient (Wildman–Crippen LogP) is 3.66. The van der Waals surface area contributed by atoms with Crippen molar-refractivity contribution in [3.8, 4) is 0 Å². The van der Waals surface area contributed by atoms with Crippen molar-refractivity contribution in [2.24, 2.45) is 17.8 Å². The van der Waals surface area contributed by atoms with E-state index >= 15 is 0 Å². The van der Waals surface area contributed by atoms with E-state index in [1.807, 2.05) is 18.2 Å². The zero-order valence-corrected chi connectivity index (χ0v) is 12.8. The van der Waals surface area contributed by atoms with Crippen LogP contribution >= 0.6 is 0 Å². The first kappa shape index (κ1) is 15.7. The third kappa shape index (κ3) is 5.06. The number of amides is 1. The van der Waals surface area contributed by atoms with Gasteiger partial charge in [-0.1, -0.05) is 58.0 Å². The third-order valence-corrected chi connectivity index (χ3v) is 3.81. The van der Waals surface area contributed by atoms with Crippen molar-refractivity contribution in [1.29, 1.82) is 0 Å². The molecule has 106 valence electrons. The molecule has 2 unspecified atom stereocenters. The maximum Gasteiger partial charge on any atom is 0.223 e. The highest BCUT2D eigenvalue weighted by atomic mass is 16.1. The highest BCUT2D eigenvalue weighted by Gasteiger charge is 2.24. The molecular formula is C17H27NO. The molecule has 1 aromatic carbocycles. The third-order valence-electron chi connectivity index (χ3n) is 3.81. The largest absolute Gasteiger partial charge is 0.353 e. The van der Waals surface area contributed by atoms with Crippen LogP contribution in [0.3, 0.4) is 0 Å². The van der Waals surface area contributed by atoms with Gasteiger partial charge in [0, 0.05) is 12.0 Å². The predicted molar refractivity (Wildman–Crippen MR) is 80.9 cm³/mol. The van der Waals surface area contributed by atoms with Gasteiger partial charge in [0.1, 0.15) is 0 Å². The van der Waals surface area contributed by atoms with E-state index in [1.165, 1.54) is 5.56 Å². The molecule has 0 fully saturated rings. The molecule has 0 heterocycles. The average Bonchev–Trinajstić information content (AvgIpc) is 2.36. The fourth-order valence-electron chi connectivity index (χ4n) is 2.00. The Morgan fingerprint density at radius 1 is 1.00 bits per heavy atom. The molecule has 0 aromatic heterocycles. The van der Waals surface area contributed by atoms with Gasteiger partial charge in [0.25, 0.3) is 0 Å². The van der Waals surface area contributed by atoms with Crippen LogP contribution in [-0.2, 0) is 11.2 Å². The van der Waals surface area contributed by atoms with Crippen LogP contribution in [0.1, 0.15) is 40.2 Å². The Bertz CT molecular complexity index is 384. The molecule has 0 saturated carbocycles. The molecule has 0 spiro atoms. The Labute approximate surface area is 117 Å². The summed E-state index contributed by atoms with van der Waals surface area (Å²) in [5.41, 5.74) is 1.23. The zero-order chi connectivity index (χ0) is 14.4. The van der Waals surface area contributed by atoms with Crippen molar-refractivity contribution < 1.29 is 4.79 Å². The molecule has 0 radical (unpaired) electrons. The normalized spacial score (nSPS) is 14.5. The second kappa shape index (κ2) is 7.32. The minimum absolute atomic E-state index is 0.0450. The zero-order valence-electron chi connectivity index (χ0n) is 12.8. The summed E-state index contributed by atoms with van der Waals surface area (Å²) in [6.07, 6.45) is 0.815. The van der Waals surface area contributed by atoms with Crippen LogP contribution in [0, 0.1) is 17.8 Å². The van der Waals surface area contributed by atoms with E-state index in [2.05, 4.69) is 52.1 Å². The molecule has 1 amide bonds. The van der Waals surface area contributed by atoms with Crippen molar-refractivity contribution in [3.05, 3.63) is 35.9 Å². The first-order valence-corrected chi connectivity index (χ1v) is 7.26. The smallest absolute Gasteiger partial charge is 0.223 e. The molecule has 0 aliphatic heterocycles. The molecular weight excluding hydrogens is 234 g/mol. The molecule has 1 rings (SSSR count). The number of hydrogen-bond donors (Lipinski definition) is 1. The quantitative estimate of drug-likeness (QED) is 0.832. The number of carbonyl (C=O) groups is 1. The summed E-state index contributed by atoms with van der Waals surface area (Å²) >= 11 is 0. The fraction of sp³-hybridized carbons (Fsp3) is 0.588. The first-order valence-electron chi connectivity index (χ1n) is 7.26. The van der Waals surface area contributed by atoms with Crippen molar-refractivity contribution in [2.75, 3.05) is 0 Å². The molecule has 0 aliphatic carbocycles. The van der Waals surface area contributed by atoms with Crippen LogP contribution in [0.4, 0.5) is 0 Å². The van der Waals surface area contributed by atoms with Crippen LogP contribution < -0.4 is 5.32 Å². The first-order chi connectivity index (χ1) is 8.91. The fourth-order valence-corrected chi connectivity index (χ4v) is 2.00. The highest BCUT2D eigenvalue weighted by Crippen LogP contribution is 2.18. The topological polar surface area (TPSA) is 29.1 Å². The van der Waals surface area contributed by atoms with Crippen molar-refractivity contribution in [3.63, 3.8) is 0 Å². The number of benzene rings is 1.